The van der Waals surface area contributed by atoms with Crippen LogP contribution in [0.1, 0.15) is 26.5 Å². The van der Waals surface area contributed by atoms with Gasteiger partial charge in [0, 0.05) is 5.69 Å². The molecule has 2 aromatic rings. The van der Waals surface area contributed by atoms with Crippen LogP contribution in [0.2, 0.25) is 18.1 Å². The van der Waals surface area contributed by atoms with Gasteiger partial charge in [0.2, 0.25) is 0 Å². The minimum atomic E-state index is -1.33. The molecule has 0 saturated heterocycles. The maximum atomic E-state index is 4.67. The Kier molecular flexibility index (Phi) is 3.86. The fourth-order valence-electron chi connectivity index (χ4n) is 3.07. The maximum absolute atomic E-state index is 4.67. The maximum Gasteiger partial charge on any atom is 0.0868 e. The number of nitrogens with zero attached hydrogens (tertiary/aromatic N) is 1. The summed E-state index contributed by atoms with van der Waals surface area (Å²) in [6.45, 7) is 9.22. The second kappa shape index (κ2) is 5.23. The predicted molar refractivity (Wildman–Crippen MR) is 83.3 cm³/mol. The van der Waals surface area contributed by atoms with Gasteiger partial charge in [-0.05, 0) is 29.6 Å². The summed E-state index contributed by atoms with van der Waals surface area (Å²) in [6.07, 6.45) is 0. The van der Waals surface area contributed by atoms with E-state index < -0.39 is 8.07 Å². The van der Waals surface area contributed by atoms with Crippen LogP contribution in [0.4, 0.5) is 0 Å². The molecule has 0 spiro atoms. The number of fused-ring (bicyclic) bond motifs is 1. The van der Waals surface area contributed by atoms with Crippen molar-refractivity contribution < 1.29 is 0 Å². The average Bonchev–Trinajstić information content (AvgIpc) is 2.41. The molecular weight excluding hydrogens is 234 g/mol. The largest absolute Gasteiger partial charge is 0.253 e. The van der Waals surface area contributed by atoms with Crippen molar-refractivity contribution >= 4 is 24.2 Å². The topological polar surface area (TPSA) is 12.9 Å². The van der Waals surface area contributed by atoms with E-state index in [4.69, 9.17) is 0 Å². The van der Waals surface area contributed by atoms with Crippen molar-refractivity contribution in [3.63, 3.8) is 0 Å². The highest BCUT2D eigenvalue weighted by molar-refractivity contribution is 6.93. The van der Waals surface area contributed by atoms with Gasteiger partial charge in [-0.2, -0.15) is 0 Å². The molecular formula is C16H23NSi. The van der Waals surface area contributed by atoms with Gasteiger partial charge in [0.15, 0.2) is 0 Å². The number of pyridine rings is 1. The Morgan fingerprint density at radius 2 is 1.61 bits per heavy atom. The van der Waals surface area contributed by atoms with Crippen molar-refractivity contribution in [3.05, 3.63) is 36.0 Å². The lowest BCUT2D eigenvalue weighted by Gasteiger charge is -2.30. The number of para-hydroxylation sites is 1. The number of rotatable bonds is 4. The van der Waals surface area contributed by atoms with Crippen LogP contribution in [0.15, 0.2) is 30.3 Å². The fourth-order valence-corrected chi connectivity index (χ4v) is 7.01. The second-order valence-electron chi connectivity index (χ2n) is 5.17. The summed E-state index contributed by atoms with van der Waals surface area (Å²) in [5.41, 5.74) is 2.33. The lowest BCUT2D eigenvalue weighted by Crippen LogP contribution is -2.46. The van der Waals surface area contributed by atoms with Gasteiger partial charge in [-0.3, -0.25) is 4.98 Å². The number of aromatic nitrogens is 1. The summed E-state index contributed by atoms with van der Waals surface area (Å²) in [6, 6.07) is 15.0. The molecule has 0 N–H and O–H groups in total. The zero-order chi connectivity index (χ0) is 13.2. The Balaban J connectivity index is 2.76. The highest BCUT2D eigenvalue weighted by Crippen LogP contribution is 2.24. The van der Waals surface area contributed by atoms with Crippen LogP contribution in [0.25, 0.3) is 10.9 Å². The lowest BCUT2D eigenvalue weighted by atomic mass is 10.2. The highest BCUT2D eigenvalue weighted by atomic mass is 28.3. The molecule has 0 aliphatic carbocycles. The van der Waals surface area contributed by atoms with Crippen LogP contribution in [0, 0.1) is 6.92 Å². The van der Waals surface area contributed by atoms with Crippen molar-refractivity contribution in [1.29, 1.82) is 0 Å². The highest BCUT2D eigenvalue weighted by Gasteiger charge is 2.30. The Morgan fingerprint density at radius 1 is 1.00 bits per heavy atom. The lowest BCUT2D eigenvalue weighted by molar-refractivity contribution is 1.19. The summed E-state index contributed by atoms with van der Waals surface area (Å²) >= 11 is 0. The van der Waals surface area contributed by atoms with Gasteiger partial charge in [-0.15, -0.1) is 0 Å². The zero-order valence-electron chi connectivity index (χ0n) is 12.0. The number of aryl methyl sites for hydroxylation is 1. The van der Waals surface area contributed by atoms with Crippen molar-refractivity contribution in [2.75, 3.05) is 0 Å². The molecule has 1 aromatic carbocycles. The quantitative estimate of drug-likeness (QED) is 0.746. The first kappa shape index (κ1) is 13.3. The summed E-state index contributed by atoms with van der Waals surface area (Å²) < 4.78 is 0. The van der Waals surface area contributed by atoms with E-state index in [-0.39, 0.29) is 0 Å². The Bertz CT molecular complexity index is 536. The van der Waals surface area contributed by atoms with Crippen LogP contribution >= 0.6 is 0 Å². The minimum absolute atomic E-state index is 1.16. The molecule has 0 bridgehead atoms. The molecule has 0 radical (unpaired) electrons. The third-order valence-electron chi connectivity index (χ3n) is 4.45. The predicted octanol–water partition coefficient (Wildman–Crippen LogP) is 4.26. The molecule has 1 heterocycles. The number of hydrogen-bond acceptors (Lipinski definition) is 1. The Labute approximate surface area is 111 Å². The molecule has 1 aromatic heterocycles. The van der Waals surface area contributed by atoms with Gasteiger partial charge in [0.05, 0.1) is 13.6 Å². The van der Waals surface area contributed by atoms with Crippen molar-refractivity contribution in [3.8, 4) is 0 Å². The van der Waals surface area contributed by atoms with Crippen LogP contribution in [0.3, 0.4) is 0 Å². The first-order chi connectivity index (χ1) is 8.66. The zero-order valence-corrected chi connectivity index (χ0v) is 13.0. The first-order valence-corrected chi connectivity index (χ1v) is 9.66. The van der Waals surface area contributed by atoms with Crippen LogP contribution in [-0.2, 0) is 0 Å². The van der Waals surface area contributed by atoms with Gasteiger partial charge in [-0.25, -0.2) is 0 Å². The third-order valence-corrected chi connectivity index (χ3v) is 10.1. The molecule has 0 aliphatic rings. The smallest absolute Gasteiger partial charge is 0.0868 e. The second-order valence-corrected chi connectivity index (χ2v) is 10.4. The van der Waals surface area contributed by atoms with Gasteiger partial charge in [0.1, 0.15) is 0 Å². The average molecular weight is 257 g/mol. The van der Waals surface area contributed by atoms with Crippen molar-refractivity contribution in [2.24, 2.45) is 0 Å². The number of benzene rings is 1. The van der Waals surface area contributed by atoms with E-state index in [0.29, 0.717) is 0 Å². The van der Waals surface area contributed by atoms with E-state index in [0.717, 1.165) is 5.69 Å². The van der Waals surface area contributed by atoms with E-state index in [1.807, 2.05) is 0 Å². The fraction of sp³-hybridized carbons (Fsp3) is 0.438. The van der Waals surface area contributed by atoms with E-state index >= 15 is 0 Å². The Morgan fingerprint density at radius 3 is 2.22 bits per heavy atom. The minimum Gasteiger partial charge on any atom is -0.253 e. The van der Waals surface area contributed by atoms with Crippen LogP contribution < -0.4 is 5.19 Å². The van der Waals surface area contributed by atoms with Crippen molar-refractivity contribution in [2.45, 2.75) is 45.8 Å². The first-order valence-electron chi connectivity index (χ1n) is 7.03. The Hall–Kier alpha value is -1.15. The molecule has 1 nitrogen and oxygen atoms in total. The number of hydrogen-bond donors (Lipinski definition) is 0. The molecule has 2 heteroatoms. The van der Waals surface area contributed by atoms with Crippen molar-refractivity contribution in [1.82, 2.24) is 4.98 Å². The molecule has 0 amide bonds. The van der Waals surface area contributed by atoms with E-state index in [1.54, 1.807) is 5.19 Å². The molecule has 0 aliphatic heterocycles. The summed E-state index contributed by atoms with van der Waals surface area (Å²) in [4.78, 5) is 4.67. The molecule has 0 saturated carbocycles. The SMILES string of the molecule is CC[Si](CC)(CC)c1cc(C)nc2ccccc12. The van der Waals surface area contributed by atoms with Gasteiger partial charge in [0.25, 0.3) is 0 Å². The molecule has 0 fully saturated rings. The molecule has 2 rings (SSSR count). The van der Waals surface area contributed by atoms with E-state index in [1.165, 1.54) is 29.0 Å². The monoisotopic (exact) mass is 257 g/mol. The van der Waals surface area contributed by atoms with Gasteiger partial charge in [-0.1, -0.05) is 57.1 Å². The summed E-state index contributed by atoms with van der Waals surface area (Å²) in [7, 11) is -1.33. The summed E-state index contributed by atoms with van der Waals surface area (Å²) in [5, 5.41) is 3.01. The molecule has 96 valence electrons. The van der Waals surface area contributed by atoms with E-state index in [9.17, 15) is 0 Å². The molecule has 0 atom stereocenters. The standard InChI is InChI=1S/C16H23NSi/c1-5-18(6-2,7-3)16-12-13(4)17-15-11-9-8-10-14(15)16/h8-12H,5-7H2,1-4H3. The van der Waals surface area contributed by atoms with Crippen LogP contribution in [0.5, 0.6) is 0 Å². The normalized spacial score (nSPS) is 12.0. The van der Waals surface area contributed by atoms with Gasteiger partial charge < -0.3 is 0 Å². The molecule has 0 unspecified atom stereocenters. The third kappa shape index (κ3) is 2.10. The van der Waals surface area contributed by atoms with E-state index in [2.05, 4.69) is 63.0 Å². The van der Waals surface area contributed by atoms with Crippen LogP contribution in [-0.4, -0.2) is 13.1 Å². The summed E-state index contributed by atoms with van der Waals surface area (Å²) in [5.74, 6) is 0. The molecule has 18 heavy (non-hydrogen) atoms. The van der Waals surface area contributed by atoms with Gasteiger partial charge >= 0.3 is 0 Å².